The molecule has 0 aliphatic rings. The van der Waals surface area contributed by atoms with E-state index >= 15 is 0 Å². The molecule has 0 aliphatic heterocycles. The first-order valence-corrected chi connectivity index (χ1v) is 12.6. The molecule has 0 aromatic heterocycles. The molecule has 1 atom stereocenters. The predicted octanol–water partition coefficient (Wildman–Crippen LogP) is 5.88. The number of ether oxygens (including phenoxy) is 1. The van der Waals surface area contributed by atoms with Crippen LogP contribution in [0, 0.1) is 5.82 Å². The average molecular weight is 505 g/mol. The molecule has 0 fully saturated rings. The van der Waals surface area contributed by atoms with Gasteiger partial charge in [-0.15, -0.1) is 0 Å². The zero-order valence-electron chi connectivity index (χ0n) is 22.3. The summed E-state index contributed by atoms with van der Waals surface area (Å²) in [6.07, 6.45) is 0.284. The zero-order valence-corrected chi connectivity index (χ0v) is 22.3. The van der Waals surface area contributed by atoms with E-state index in [9.17, 15) is 14.0 Å². The highest BCUT2D eigenvalue weighted by Crippen LogP contribution is 2.20. The normalized spacial score (nSPS) is 12.2. The maximum absolute atomic E-state index is 14.7. The number of hydrogen-bond donors (Lipinski definition) is 1. The van der Waals surface area contributed by atoms with Crippen molar-refractivity contribution in [2.75, 3.05) is 6.61 Å². The lowest BCUT2D eigenvalue weighted by Crippen LogP contribution is -2.55. The first-order valence-electron chi connectivity index (χ1n) is 12.6. The van der Waals surface area contributed by atoms with Crippen molar-refractivity contribution in [3.8, 4) is 5.75 Å². The van der Waals surface area contributed by atoms with E-state index in [0.717, 1.165) is 5.56 Å². The molecule has 5 nitrogen and oxygen atoms in total. The molecule has 0 radical (unpaired) electrons. The van der Waals surface area contributed by atoms with Crippen LogP contribution in [0.2, 0.25) is 0 Å². The number of amides is 2. The van der Waals surface area contributed by atoms with Gasteiger partial charge < -0.3 is 15.0 Å². The van der Waals surface area contributed by atoms with Crippen molar-refractivity contribution in [1.29, 1.82) is 0 Å². The second kappa shape index (κ2) is 12.5. The molecule has 37 heavy (non-hydrogen) atoms. The van der Waals surface area contributed by atoms with Crippen LogP contribution in [0.25, 0.3) is 0 Å². The highest BCUT2D eigenvalue weighted by Gasteiger charge is 2.33. The van der Waals surface area contributed by atoms with Gasteiger partial charge in [0.05, 0.1) is 0 Å². The molecule has 0 unspecified atom stereocenters. The lowest BCUT2D eigenvalue weighted by molar-refractivity contribution is -0.143. The van der Waals surface area contributed by atoms with Gasteiger partial charge >= 0.3 is 0 Å². The van der Waals surface area contributed by atoms with Crippen molar-refractivity contribution in [1.82, 2.24) is 10.2 Å². The molecule has 2 amide bonds. The quantitative estimate of drug-likeness (QED) is 0.375. The molecule has 196 valence electrons. The van der Waals surface area contributed by atoms with Crippen LogP contribution in [0.4, 0.5) is 4.39 Å². The summed E-state index contributed by atoms with van der Waals surface area (Å²) < 4.78 is 20.5. The first-order chi connectivity index (χ1) is 17.5. The number of nitrogens with zero attached hydrogens (tertiary/aromatic N) is 1. The van der Waals surface area contributed by atoms with Gasteiger partial charge in [0, 0.05) is 24.1 Å². The maximum Gasteiger partial charge on any atom is 0.261 e. The molecule has 6 heteroatoms. The molecule has 1 N–H and O–H groups in total. The maximum atomic E-state index is 14.7. The second-order valence-corrected chi connectivity index (χ2v) is 10.6. The Morgan fingerprint density at radius 1 is 0.919 bits per heavy atom. The van der Waals surface area contributed by atoms with Crippen LogP contribution >= 0.6 is 0 Å². The van der Waals surface area contributed by atoms with Crippen LogP contribution in [0.15, 0.2) is 78.9 Å². The molecule has 0 heterocycles. The fourth-order valence-corrected chi connectivity index (χ4v) is 3.99. The first kappa shape index (κ1) is 27.9. The Morgan fingerprint density at radius 3 is 2.14 bits per heavy atom. The van der Waals surface area contributed by atoms with E-state index in [2.05, 4.69) is 19.2 Å². The van der Waals surface area contributed by atoms with Gasteiger partial charge in [-0.3, -0.25) is 9.59 Å². The van der Waals surface area contributed by atoms with Crippen molar-refractivity contribution in [3.63, 3.8) is 0 Å². The summed E-state index contributed by atoms with van der Waals surface area (Å²) in [6.45, 7) is 9.54. The van der Waals surface area contributed by atoms with Gasteiger partial charge in [-0.25, -0.2) is 4.39 Å². The largest absolute Gasteiger partial charge is 0.484 e. The molecule has 3 rings (SSSR count). The van der Waals surface area contributed by atoms with Gasteiger partial charge in [0.25, 0.3) is 5.91 Å². The summed E-state index contributed by atoms with van der Waals surface area (Å²) in [5.41, 5.74) is 1.89. The summed E-state index contributed by atoms with van der Waals surface area (Å²) in [5, 5.41) is 3.00. The van der Waals surface area contributed by atoms with Crippen molar-refractivity contribution in [3.05, 3.63) is 101 Å². The average Bonchev–Trinajstić information content (AvgIpc) is 2.85. The third kappa shape index (κ3) is 8.45. The van der Waals surface area contributed by atoms with Crippen molar-refractivity contribution in [2.24, 2.45) is 0 Å². The van der Waals surface area contributed by atoms with E-state index in [-0.39, 0.29) is 25.5 Å². The van der Waals surface area contributed by atoms with E-state index in [1.807, 2.05) is 75.4 Å². The monoisotopic (exact) mass is 504 g/mol. The number of carbonyl (C=O) groups is 2. The highest BCUT2D eigenvalue weighted by atomic mass is 19.1. The van der Waals surface area contributed by atoms with E-state index in [1.165, 1.54) is 16.5 Å². The Bertz CT molecular complexity index is 1170. The van der Waals surface area contributed by atoms with Crippen LogP contribution in [0.3, 0.4) is 0 Å². The summed E-state index contributed by atoms with van der Waals surface area (Å²) in [4.78, 5) is 28.6. The van der Waals surface area contributed by atoms with Crippen LogP contribution in [-0.2, 0) is 22.6 Å². The highest BCUT2D eigenvalue weighted by molar-refractivity contribution is 5.89. The smallest absolute Gasteiger partial charge is 0.261 e. The van der Waals surface area contributed by atoms with Gasteiger partial charge in [-0.05, 0) is 56.0 Å². The van der Waals surface area contributed by atoms with Crippen LogP contribution in [0.1, 0.15) is 57.2 Å². The third-order valence-electron chi connectivity index (χ3n) is 5.98. The summed E-state index contributed by atoms with van der Waals surface area (Å²) >= 11 is 0. The fraction of sp³-hybridized carbons (Fsp3) is 0.355. The predicted molar refractivity (Wildman–Crippen MR) is 145 cm³/mol. The number of rotatable bonds is 10. The van der Waals surface area contributed by atoms with Crippen molar-refractivity contribution < 1.29 is 18.7 Å². The van der Waals surface area contributed by atoms with Gasteiger partial charge in [0.15, 0.2) is 6.61 Å². The Hall–Kier alpha value is -3.67. The molecule has 0 saturated carbocycles. The fourth-order valence-electron chi connectivity index (χ4n) is 3.99. The molecular weight excluding hydrogens is 467 g/mol. The van der Waals surface area contributed by atoms with Crippen LogP contribution < -0.4 is 10.1 Å². The van der Waals surface area contributed by atoms with Crippen LogP contribution in [0.5, 0.6) is 5.75 Å². The zero-order chi connectivity index (χ0) is 27.0. The van der Waals surface area contributed by atoms with Gasteiger partial charge in [-0.2, -0.15) is 0 Å². The Morgan fingerprint density at radius 2 is 1.54 bits per heavy atom. The number of carbonyl (C=O) groups excluding carboxylic acids is 2. The van der Waals surface area contributed by atoms with E-state index in [4.69, 9.17) is 4.74 Å². The standard InChI is InChI=1S/C31H37FN2O3/c1-22(2)24-15-17-26(18-16-24)37-21-29(35)34(20-25-13-9-10-14-27(25)32)28(30(36)33-31(3,4)5)19-23-11-7-6-8-12-23/h6-18,22,28H,19-21H2,1-5H3,(H,33,36)/t28-/m1/s1. The minimum Gasteiger partial charge on any atom is -0.484 e. The molecule has 0 aliphatic carbocycles. The minimum absolute atomic E-state index is 0.0593. The Kier molecular flexibility index (Phi) is 9.45. The number of halogens is 1. The number of hydrogen-bond acceptors (Lipinski definition) is 3. The van der Waals surface area contributed by atoms with Crippen molar-refractivity contribution in [2.45, 2.75) is 65.1 Å². The van der Waals surface area contributed by atoms with E-state index < -0.39 is 23.3 Å². The Balaban J connectivity index is 1.91. The molecule has 0 bridgehead atoms. The SMILES string of the molecule is CC(C)c1ccc(OCC(=O)N(Cc2ccccc2F)[C@H](Cc2ccccc2)C(=O)NC(C)(C)C)cc1. The minimum atomic E-state index is -0.861. The lowest BCUT2D eigenvalue weighted by atomic mass is 10.0. The summed E-state index contributed by atoms with van der Waals surface area (Å²) in [5.74, 6) is -0.196. The topological polar surface area (TPSA) is 58.6 Å². The van der Waals surface area contributed by atoms with E-state index in [0.29, 0.717) is 17.2 Å². The second-order valence-electron chi connectivity index (χ2n) is 10.6. The number of nitrogens with one attached hydrogen (secondary N) is 1. The molecule has 0 spiro atoms. The number of benzene rings is 3. The molecule has 0 saturated heterocycles. The molecule has 3 aromatic carbocycles. The Labute approximate surface area is 219 Å². The van der Waals surface area contributed by atoms with Gasteiger partial charge in [0.1, 0.15) is 17.6 Å². The van der Waals surface area contributed by atoms with Gasteiger partial charge in [0.2, 0.25) is 5.91 Å². The molecule has 3 aromatic rings. The third-order valence-corrected chi connectivity index (χ3v) is 5.98. The summed E-state index contributed by atoms with van der Waals surface area (Å²) in [7, 11) is 0. The van der Waals surface area contributed by atoms with Crippen LogP contribution in [-0.4, -0.2) is 34.9 Å². The lowest BCUT2D eigenvalue weighted by Gasteiger charge is -2.33. The van der Waals surface area contributed by atoms with E-state index in [1.54, 1.807) is 18.2 Å². The van der Waals surface area contributed by atoms with Gasteiger partial charge in [-0.1, -0.05) is 74.5 Å². The summed E-state index contributed by atoms with van der Waals surface area (Å²) in [6, 6.07) is 22.5. The van der Waals surface area contributed by atoms with Crippen molar-refractivity contribution >= 4 is 11.8 Å². The molecular formula is C31H37FN2O3.